The van der Waals surface area contributed by atoms with Crippen LogP contribution in [0.1, 0.15) is 129 Å². The summed E-state index contributed by atoms with van der Waals surface area (Å²) in [6, 6.07) is -0.400. The van der Waals surface area contributed by atoms with Crippen LogP contribution in [0.4, 0.5) is 0 Å². The molecule has 0 spiro atoms. The zero-order valence-corrected chi connectivity index (χ0v) is 18.9. The van der Waals surface area contributed by atoms with E-state index < -0.39 is 12.0 Å². The Labute approximate surface area is 175 Å². The lowest BCUT2D eigenvalue weighted by Crippen LogP contribution is -2.37. The number of rotatable bonds is 23. The van der Waals surface area contributed by atoms with Crippen molar-refractivity contribution in [2.24, 2.45) is 5.73 Å². The molecule has 4 nitrogen and oxygen atoms in total. The Balaban J connectivity index is 3.25. The van der Waals surface area contributed by atoms with Crippen LogP contribution in [0.15, 0.2) is 0 Å². The van der Waals surface area contributed by atoms with E-state index in [-0.39, 0.29) is 0 Å². The number of nitrogens with one attached hydrogen (secondary N) is 1. The van der Waals surface area contributed by atoms with E-state index in [2.05, 4.69) is 12.2 Å². The molecule has 0 bridgehead atoms. The standard InChI is InChI=1S/C24H50N2O2/c1-2-3-4-5-6-7-8-9-10-11-12-13-14-15-16-19-22-26-23(24(27)28)20-17-18-21-25/h23,26H,2-22,25H2,1H3,(H,27,28). The van der Waals surface area contributed by atoms with Gasteiger partial charge in [-0.05, 0) is 32.4 Å². The van der Waals surface area contributed by atoms with Crippen molar-refractivity contribution in [2.75, 3.05) is 13.1 Å². The van der Waals surface area contributed by atoms with E-state index in [4.69, 9.17) is 5.73 Å². The van der Waals surface area contributed by atoms with Gasteiger partial charge < -0.3 is 16.2 Å². The summed E-state index contributed by atoms with van der Waals surface area (Å²) in [5.74, 6) is -0.728. The number of carboxylic acid groups (broad SMARTS) is 1. The Bertz CT molecular complexity index is 324. The number of carbonyl (C=O) groups is 1. The SMILES string of the molecule is CCCCCCCCCCCCCCCCCCNC(CCCCN)C(=O)O. The van der Waals surface area contributed by atoms with Crippen molar-refractivity contribution < 1.29 is 9.90 Å². The molecule has 1 atom stereocenters. The second kappa shape index (κ2) is 22.7. The fraction of sp³-hybridized carbons (Fsp3) is 0.958. The summed E-state index contributed by atoms with van der Waals surface area (Å²) < 4.78 is 0. The maximum absolute atomic E-state index is 11.2. The molecule has 0 aliphatic rings. The lowest BCUT2D eigenvalue weighted by Gasteiger charge is -2.14. The molecule has 0 amide bonds. The molecule has 0 radical (unpaired) electrons. The Morgan fingerprint density at radius 3 is 1.54 bits per heavy atom. The second-order valence-electron chi connectivity index (χ2n) is 8.43. The summed E-state index contributed by atoms with van der Waals surface area (Å²) in [5, 5.41) is 12.4. The highest BCUT2D eigenvalue weighted by Gasteiger charge is 2.15. The largest absolute Gasteiger partial charge is 0.480 e. The summed E-state index contributed by atoms with van der Waals surface area (Å²) in [7, 11) is 0. The molecule has 0 aromatic heterocycles. The quantitative estimate of drug-likeness (QED) is 0.174. The number of hydrogen-bond donors (Lipinski definition) is 3. The first-order chi connectivity index (χ1) is 13.7. The van der Waals surface area contributed by atoms with Gasteiger partial charge in [-0.25, -0.2) is 0 Å². The summed E-state index contributed by atoms with van der Waals surface area (Å²) in [6.45, 7) is 3.74. The van der Waals surface area contributed by atoms with Crippen molar-refractivity contribution in [2.45, 2.75) is 135 Å². The molecule has 0 aromatic rings. The van der Waals surface area contributed by atoms with E-state index in [0.29, 0.717) is 13.0 Å². The molecule has 0 aliphatic heterocycles. The first kappa shape index (κ1) is 27.4. The smallest absolute Gasteiger partial charge is 0.320 e. The molecule has 28 heavy (non-hydrogen) atoms. The van der Waals surface area contributed by atoms with Crippen LogP contribution in [-0.2, 0) is 4.79 Å². The lowest BCUT2D eigenvalue weighted by atomic mass is 10.0. The van der Waals surface area contributed by atoms with Crippen molar-refractivity contribution in [3.8, 4) is 0 Å². The summed E-state index contributed by atoms with van der Waals surface area (Å²) in [4.78, 5) is 11.2. The molecule has 0 aromatic carbocycles. The molecule has 0 saturated heterocycles. The van der Waals surface area contributed by atoms with Crippen molar-refractivity contribution in [1.29, 1.82) is 0 Å². The Morgan fingerprint density at radius 1 is 0.714 bits per heavy atom. The highest BCUT2D eigenvalue weighted by atomic mass is 16.4. The predicted molar refractivity (Wildman–Crippen MR) is 122 cm³/mol. The van der Waals surface area contributed by atoms with Crippen molar-refractivity contribution in [3.63, 3.8) is 0 Å². The van der Waals surface area contributed by atoms with Crippen LogP contribution in [0.25, 0.3) is 0 Å². The molecule has 0 rings (SSSR count). The molecule has 0 aliphatic carbocycles. The first-order valence-electron chi connectivity index (χ1n) is 12.4. The van der Waals surface area contributed by atoms with Crippen LogP contribution < -0.4 is 11.1 Å². The molecule has 0 saturated carbocycles. The highest BCUT2D eigenvalue weighted by molar-refractivity contribution is 5.73. The zero-order valence-electron chi connectivity index (χ0n) is 18.9. The minimum atomic E-state index is -0.728. The van der Waals surface area contributed by atoms with Gasteiger partial charge in [-0.15, -0.1) is 0 Å². The van der Waals surface area contributed by atoms with Crippen LogP contribution in [0.2, 0.25) is 0 Å². The maximum atomic E-state index is 11.2. The van der Waals surface area contributed by atoms with Crippen molar-refractivity contribution in [1.82, 2.24) is 5.32 Å². The van der Waals surface area contributed by atoms with E-state index in [1.165, 1.54) is 96.3 Å². The highest BCUT2D eigenvalue weighted by Crippen LogP contribution is 2.13. The predicted octanol–water partition coefficient (Wildman–Crippen LogP) is 6.42. The minimum absolute atomic E-state index is 0.400. The topological polar surface area (TPSA) is 75.3 Å². The molecular formula is C24H50N2O2. The fourth-order valence-corrected chi connectivity index (χ4v) is 3.76. The molecule has 168 valence electrons. The van der Waals surface area contributed by atoms with Gasteiger partial charge in [0.05, 0.1) is 0 Å². The van der Waals surface area contributed by atoms with Gasteiger partial charge in [0, 0.05) is 0 Å². The molecular weight excluding hydrogens is 348 g/mol. The van der Waals surface area contributed by atoms with Crippen molar-refractivity contribution in [3.05, 3.63) is 0 Å². The number of unbranched alkanes of at least 4 members (excludes halogenated alkanes) is 16. The van der Waals surface area contributed by atoms with Gasteiger partial charge in [-0.3, -0.25) is 4.79 Å². The third kappa shape index (κ3) is 20.1. The number of nitrogens with two attached hydrogens (primary N) is 1. The van der Waals surface area contributed by atoms with Crippen LogP contribution >= 0.6 is 0 Å². The van der Waals surface area contributed by atoms with Gasteiger partial charge in [0.2, 0.25) is 0 Å². The molecule has 1 unspecified atom stereocenters. The first-order valence-corrected chi connectivity index (χ1v) is 12.4. The van der Waals surface area contributed by atoms with Gasteiger partial charge >= 0.3 is 5.97 Å². The molecule has 0 heterocycles. The van der Waals surface area contributed by atoms with Crippen LogP contribution in [-0.4, -0.2) is 30.2 Å². The Kier molecular flexibility index (Phi) is 22.2. The lowest BCUT2D eigenvalue weighted by molar-refractivity contribution is -0.139. The van der Waals surface area contributed by atoms with Gasteiger partial charge in [-0.1, -0.05) is 110 Å². The summed E-state index contributed by atoms with van der Waals surface area (Å²) in [5.41, 5.74) is 5.47. The third-order valence-corrected chi connectivity index (χ3v) is 5.67. The van der Waals surface area contributed by atoms with Crippen LogP contribution in [0, 0.1) is 0 Å². The number of carboxylic acids is 1. The third-order valence-electron chi connectivity index (χ3n) is 5.67. The maximum Gasteiger partial charge on any atom is 0.320 e. The number of hydrogen-bond acceptors (Lipinski definition) is 3. The van der Waals surface area contributed by atoms with Gasteiger partial charge in [0.15, 0.2) is 0 Å². The number of aliphatic carboxylic acids is 1. The molecule has 0 fully saturated rings. The van der Waals surface area contributed by atoms with Gasteiger partial charge in [-0.2, -0.15) is 0 Å². The summed E-state index contributed by atoms with van der Waals surface area (Å²) in [6.07, 6.45) is 24.3. The van der Waals surface area contributed by atoms with Gasteiger partial charge in [0.25, 0.3) is 0 Å². The van der Waals surface area contributed by atoms with Gasteiger partial charge in [0.1, 0.15) is 6.04 Å². The van der Waals surface area contributed by atoms with E-state index in [9.17, 15) is 9.90 Å². The molecule has 4 heteroatoms. The second-order valence-corrected chi connectivity index (χ2v) is 8.43. The Hall–Kier alpha value is -0.610. The van der Waals surface area contributed by atoms with E-state index in [0.717, 1.165) is 25.8 Å². The average molecular weight is 399 g/mol. The van der Waals surface area contributed by atoms with E-state index >= 15 is 0 Å². The normalized spacial score (nSPS) is 12.4. The minimum Gasteiger partial charge on any atom is -0.480 e. The average Bonchev–Trinajstić information content (AvgIpc) is 2.68. The Morgan fingerprint density at radius 2 is 1.14 bits per heavy atom. The van der Waals surface area contributed by atoms with Crippen LogP contribution in [0.3, 0.4) is 0 Å². The zero-order chi connectivity index (χ0) is 20.7. The monoisotopic (exact) mass is 398 g/mol. The van der Waals surface area contributed by atoms with E-state index in [1.54, 1.807) is 0 Å². The van der Waals surface area contributed by atoms with E-state index in [1.807, 2.05) is 0 Å². The van der Waals surface area contributed by atoms with Crippen molar-refractivity contribution >= 4 is 5.97 Å². The fourth-order valence-electron chi connectivity index (χ4n) is 3.76. The molecule has 4 N–H and O–H groups in total. The summed E-state index contributed by atoms with van der Waals surface area (Å²) >= 11 is 0. The van der Waals surface area contributed by atoms with Crippen LogP contribution in [0.5, 0.6) is 0 Å².